The molecule has 0 radical (unpaired) electrons. The molecule has 0 aromatic heterocycles. The van der Waals surface area contributed by atoms with E-state index in [0.29, 0.717) is 0 Å². The highest BCUT2D eigenvalue weighted by atomic mass is 32.2. The molecule has 2 fully saturated rings. The van der Waals surface area contributed by atoms with Gasteiger partial charge >= 0.3 is 0 Å². The molecule has 116 valence electrons. The molecule has 0 unspecified atom stereocenters. The summed E-state index contributed by atoms with van der Waals surface area (Å²) >= 11 is 1.51. The van der Waals surface area contributed by atoms with E-state index in [1.54, 1.807) is 0 Å². The second kappa shape index (κ2) is 5.87. The summed E-state index contributed by atoms with van der Waals surface area (Å²) in [6.07, 6.45) is -2.42. The van der Waals surface area contributed by atoms with Crippen molar-refractivity contribution in [2.24, 2.45) is 0 Å². The average molecular weight is 312 g/mol. The molecule has 1 aromatic rings. The van der Waals surface area contributed by atoms with Crippen molar-refractivity contribution in [2.75, 3.05) is 6.61 Å². The van der Waals surface area contributed by atoms with E-state index in [-0.39, 0.29) is 18.1 Å². The molecule has 2 aliphatic heterocycles. The summed E-state index contributed by atoms with van der Waals surface area (Å²) in [5, 5.41) is 19.7. The number of rotatable bonds is 3. The lowest BCUT2D eigenvalue weighted by Crippen LogP contribution is -2.56. The lowest BCUT2D eigenvalue weighted by Gasteiger charge is -2.39. The molecule has 5 nitrogen and oxygen atoms in total. The molecular formula is C15H20O5S. The van der Waals surface area contributed by atoms with E-state index >= 15 is 0 Å². The Labute approximate surface area is 128 Å². The molecule has 3 rings (SSSR count). The Morgan fingerprint density at radius 3 is 2.48 bits per heavy atom. The minimum Gasteiger partial charge on any atom is -0.394 e. The van der Waals surface area contributed by atoms with Crippen molar-refractivity contribution >= 4 is 11.8 Å². The Bertz CT molecular complexity index is 480. The summed E-state index contributed by atoms with van der Waals surface area (Å²) in [6.45, 7) is 3.38. The van der Waals surface area contributed by atoms with Gasteiger partial charge < -0.3 is 24.4 Å². The Morgan fingerprint density at radius 1 is 1.14 bits per heavy atom. The SMILES string of the molecule is CC1(C)O[C@H]2[C@H](O)[C@@H](CO)O[C@@H](Sc3ccccc3)[C@H]2O1. The van der Waals surface area contributed by atoms with E-state index in [2.05, 4.69) is 0 Å². The molecule has 0 saturated carbocycles. The third-order valence-corrected chi connectivity index (χ3v) is 4.79. The van der Waals surface area contributed by atoms with Crippen LogP contribution in [0.2, 0.25) is 0 Å². The van der Waals surface area contributed by atoms with Crippen molar-refractivity contribution in [3.8, 4) is 0 Å². The monoisotopic (exact) mass is 312 g/mol. The summed E-state index contributed by atoms with van der Waals surface area (Å²) in [7, 11) is 0. The summed E-state index contributed by atoms with van der Waals surface area (Å²) in [6, 6.07) is 9.84. The van der Waals surface area contributed by atoms with E-state index in [1.165, 1.54) is 11.8 Å². The van der Waals surface area contributed by atoms with Crippen LogP contribution in [-0.2, 0) is 14.2 Å². The first-order chi connectivity index (χ1) is 10.00. The quantitative estimate of drug-likeness (QED) is 0.879. The lowest BCUT2D eigenvalue weighted by atomic mass is 10.0. The standard InChI is InChI=1S/C15H20O5S/c1-15(2)19-12-11(17)10(8-16)18-14(13(12)20-15)21-9-6-4-3-5-7-9/h3-7,10-14,16-17H,8H2,1-2H3/t10-,11-,12+,13+,14+/m1/s1. The zero-order valence-electron chi connectivity index (χ0n) is 12.0. The molecule has 6 heteroatoms. The second-order valence-electron chi connectivity index (χ2n) is 5.71. The van der Waals surface area contributed by atoms with Crippen LogP contribution in [0.15, 0.2) is 35.2 Å². The number of aliphatic hydroxyl groups is 2. The fourth-order valence-corrected chi connectivity index (χ4v) is 3.84. The van der Waals surface area contributed by atoms with Crippen LogP contribution in [-0.4, -0.2) is 52.5 Å². The molecule has 1 aromatic carbocycles. The highest BCUT2D eigenvalue weighted by Crippen LogP contribution is 2.42. The molecule has 2 aliphatic rings. The highest BCUT2D eigenvalue weighted by molar-refractivity contribution is 7.99. The van der Waals surface area contributed by atoms with E-state index in [4.69, 9.17) is 14.2 Å². The van der Waals surface area contributed by atoms with Gasteiger partial charge in [-0.3, -0.25) is 0 Å². The van der Waals surface area contributed by atoms with Gasteiger partial charge in [-0.1, -0.05) is 30.0 Å². The second-order valence-corrected chi connectivity index (χ2v) is 6.88. The minimum absolute atomic E-state index is 0.250. The molecule has 0 bridgehead atoms. The maximum atomic E-state index is 10.3. The average Bonchev–Trinajstić information content (AvgIpc) is 2.79. The first kappa shape index (κ1) is 15.3. The summed E-state index contributed by atoms with van der Waals surface area (Å²) in [4.78, 5) is 1.04. The number of hydrogen-bond acceptors (Lipinski definition) is 6. The first-order valence-electron chi connectivity index (χ1n) is 7.02. The number of aliphatic hydroxyl groups excluding tert-OH is 2. The predicted octanol–water partition coefficient (Wildman–Crippen LogP) is 1.38. The Balaban J connectivity index is 1.81. The molecule has 5 atom stereocenters. The van der Waals surface area contributed by atoms with Crippen molar-refractivity contribution in [2.45, 2.75) is 54.4 Å². The van der Waals surface area contributed by atoms with Gasteiger partial charge in [-0.15, -0.1) is 0 Å². The van der Waals surface area contributed by atoms with Crippen LogP contribution in [0.25, 0.3) is 0 Å². The lowest BCUT2D eigenvalue weighted by molar-refractivity contribution is -0.173. The smallest absolute Gasteiger partial charge is 0.164 e. The van der Waals surface area contributed by atoms with E-state index in [9.17, 15) is 10.2 Å². The number of hydrogen-bond donors (Lipinski definition) is 2. The number of fused-ring (bicyclic) bond motifs is 1. The third-order valence-electron chi connectivity index (χ3n) is 3.63. The Morgan fingerprint density at radius 2 is 1.81 bits per heavy atom. The summed E-state index contributed by atoms with van der Waals surface area (Å²) < 4.78 is 17.5. The van der Waals surface area contributed by atoms with Crippen molar-refractivity contribution in [1.29, 1.82) is 0 Å². The zero-order valence-corrected chi connectivity index (χ0v) is 12.8. The number of benzene rings is 1. The van der Waals surface area contributed by atoms with Gasteiger partial charge in [-0.2, -0.15) is 0 Å². The molecule has 2 saturated heterocycles. The summed E-state index contributed by atoms with van der Waals surface area (Å²) in [5.74, 6) is -0.764. The van der Waals surface area contributed by atoms with E-state index in [0.717, 1.165) is 4.90 Å². The minimum atomic E-state index is -0.894. The van der Waals surface area contributed by atoms with Gasteiger partial charge in [0.2, 0.25) is 0 Å². The molecule has 2 heterocycles. The van der Waals surface area contributed by atoms with Crippen LogP contribution in [0.3, 0.4) is 0 Å². The van der Waals surface area contributed by atoms with E-state index in [1.807, 2.05) is 44.2 Å². The van der Waals surface area contributed by atoms with Crippen LogP contribution in [0.5, 0.6) is 0 Å². The number of thioether (sulfide) groups is 1. The van der Waals surface area contributed by atoms with E-state index < -0.39 is 24.1 Å². The maximum Gasteiger partial charge on any atom is 0.164 e. The topological polar surface area (TPSA) is 68.2 Å². The van der Waals surface area contributed by atoms with Gasteiger partial charge in [0, 0.05) is 4.90 Å². The zero-order chi connectivity index (χ0) is 15.0. The van der Waals surface area contributed by atoms with Gasteiger partial charge in [-0.05, 0) is 26.0 Å². The van der Waals surface area contributed by atoms with Crippen LogP contribution in [0, 0.1) is 0 Å². The van der Waals surface area contributed by atoms with Crippen LogP contribution in [0.1, 0.15) is 13.8 Å². The first-order valence-corrected chi connectivity index (χ1v) is 7.90. The highest BCUT2D eigenvalue weighted by Gasteiger charge is 2.54. The maximum absolute atomic E-state index is 10.3. The molecule has 0 aliphatic carbocycles. The Kier molecular flexibility index (Phi) is 4.27. The van der Waals surface area contributed by atoms with Gasteiger partial charge in [-0.25, -0.2) is 0 Å². The molecule has 0 amide bonds. The van der Waals surface area contributed by atoms with Crippen molar-refractivity contribution in [1.82, 2.24) is 0 Å². The van der Waals surface area contributed by atoms with Gasteiger partial charge in [0.1, 0.15) is 29.9 Å². The predicted molar refractivity (Wildman–Crippen MR) is 77.9 cm³/mol. The third kappa shape index (κ3) is 3.11. The fourth-order valence-electron chi connectivity index (χ4n) is 2.71. The van der Waals surface area contributed by atoms with Gasteiger partial charge in [0.15, 0.2) is 5.79 Å². The molecule has 0 spiro atoms. The molecule has 21 heavy (non-hydrogen) atoms. The summed E-state index contributed by atoms with van der Waals surface area (Å²) in [5.41, 5.74) is -0.334. The largest absolute Gasteiger partial charge is 0.394 e. The normalized spacial score (nSPS) is 38.2. The molecular weight excluding hydrogens is 292 g/mol. The number of ether oxygens (including phenoxy) is 3. The van der Waals surface area contributed by atoms with Crippen molar-refractivity contribution in [3.63, 3.8) is 0 Å². The van der Waals surface area contributed by atoms with Crippen LogP contribution >= 0.6 is 11.8 Å². The van der Waals surface area contributed by atoms with Crippen LogP contribution < -0.4 is 0 Å². The van der Waals surface area contributed by atoms with Crippen molar-refractivity contribution < 1.29 is 24.4 Å². The molecule has 2 N–H and O–H groups in total. The van der Waals surface area contributed by atoms with Gasteiger partial charge in [0.05, 0.1) is 6.61 Å². The van der Waals surface area contributed by atoms with Crippen LogP contribution in [0.4, 0.5) is 0 Å². The van der Waals surface area contributed by atoms with Crippen molar-refractivity contribution in [3.05, 3.63) is 30.3 Å². The Hall–Kier alpha value is -0.630. The van der Waals surface area contributed by atoms with Gasteiger partial charge in [0.25, 0.3) is 0 Å². The fraction of sp³-hybridized carbons (Fsp3) is 0.600.